The van der Waals surface area contributed by atoms with E-state index >= 15 is 0 Å². The van der Waals surface area contributed by atoms with Crippen LogP contribution in [0.5, 0.6) is 0 Å². The number of aromatic nitrogens is 2. The third-order valence-electron chi connectivity index (χ3n) is 3.14. The van der Waals surface area contributed by atoms with E-state index < -0.39 is 10.0 Å². The predicted octanol–water partition coefficient (Wildman–Crippen LogP) is 2.46. The summed E-state index contributed by atoms with van der Waals surface area (Å²) in [5, 5.41) is 6.58. The van der Waals surface area contributed by atoms with Crippen molar-refractivity contribution in [3.63, 3.8) is 0 Å². The van der Waals surface area contributed by atoms with Gasteiger partial charge in [-0.1, -0.05) is 42.5 Å². The highest BCUT2D eigenvalue weighted by atomic mass is 32.2. The first-order valence-corrected chi connectivity index (χ1v) is 8.38. The van der Waals surface area contributed by atoms with Crippen molar-refractivity contribution in [2.75, 3.05) is 11.0 Å². The van der Waals surface area contributed by atoms with Crippen LogP contribution in [0.4, 0.5) is 5.82 Å². The molecule has 6 heteroatoms. The van der Waals surface area contributed by atoms with E-state index in [1.165, 1.54) is 10.8 Å². The summed E-state index contributed by atoms with van der Waals surface area (Å²) in [5.41, 5.74) is 1.14. The topological polar surface area (TPSA) is 64.0 Å². The zero-order valence-corrected chi connectivity index (χ0v) is 12.3. The van der Waals surface area contributed by atoms with E-state index in [9.17, 15) is 8.42 Å². The molecule has 0 radical (unpaired) electrons. The molecule has 0 unspecified atom stereocenters. The second-order valence-corrected chi connectivity index (χ2v) is 6.66. The van der Waals surface area contributed by atoms with Crippen LogP contribution < -0.4 is 4.72 Å². The fraction of sp³-hybridized carbons (Fsp3) is 0.133. The summed E-state index contributed by atoms with van der Waals surface area (Å²) in [6, 6.07) is 15.9. The molecule has 0 fully saturated rings. The first-order valence-electron chi connectivity index (χ1n) is 6.49. The van der Waals surface area contributed by atoms with Crippen LogP contribution in [-0.2, 0) is 16.6 Å². The second-order valence-electron chi connectivity index (χ2n) is 4.91. The Morgan fingerprint density at radius 1 is 1.10 bits per heavy atom. The van der Waals surface area contributed by atoms with Gasteiger partial charge in [0.25, 0.3) is 0 Å². The maximum atomic E-state index is 11.2. The van der Waals surface area contributed by atoms with Gasteiger partial charge in [-0.05, 0) is 16.3 Å². The van der Waals surface area contributed by atoms with E-state index in [2.05, 4.69) is 28.0 Å². The van der Waals surface area contributed by atoms with Gasteiger partial charge in [-0.25, -0.2) is 8.42 Å². The third-order valence-corrected chi connectivity index (χ3v) is 3.72. The molecular formula is C15H15N3O2S. The number of nitrogens with one attached hydrogen (secondary N) is 1. The first kappa shape index (κ1) is 13.6. The van der Waals surface area contributed by atoms with Gasteiger partial charge >= 0.3 is 0 Å². The summed E-state index contributed by atoms with van der Waals surface area (Å²) in [5.74, 6) is 0.331. The molecule has 0 aliphatic heterocycles. The molecule has 0 saturated heterocycles. The number of benzene rings is 2. The van der Waals surface area contributed by atoms with Gasteiger partial charge in [0.05, 0.1) is 12.8 Å². The minimum atomic E-state index is -3.30. The lowest BCUT2D eigenvalue weighted by molar-refractivity contribution is 0.606. The zero-order chi connectivity index (χ0) is 14.9. The van der Waals surface area contributed by atoms with Crippen molar-refractivity contribution in [1.29, 1.82) is 0 Å². The molecule has 0 spiro atoms. The molecule has 0 saturated carbocycles. The van der Waals surface area contributed by atoms with E-state index in [1.807, 2.05) is 24.3 Å². The molecule has 3 aromatic rings. The third kappa shape index (κ3) is 3.22. The van der Waals surface area contributed by atoms with E-state index in [0.717, 1.165) is 11.8 Å². The summed E-state index contributed by atoms with van der Waals surface area (Å²) in [6.45, 7) is 0.590. The summed E-state index contributed by atoms with van der Waals surface area (Å²) < 4.78 is 26.4. The molecular weight excluding hydrogens is 286 g/mol. The minimum Gasteiger partial charge on any atom is -0.266 e. The maximum absolute atomic E-state index is 11.2. The summed E-state index contributed by atoms with van der Waals surface area (Å²) >= 11 is 0. The molecule has 0 aliphatic rings. The summed E-state index contributed by atoms with van der Waals surface area (Å²) in [4.78, 5) is 0. The normalized spacial score (nSPS) is 11.7. The highest BCUT2D eigenvalue weighted by Crippen LogP contribution is 2.19. The number of sulfonamides is 1. The number of rotatable bonds is 4. The minimum absolute atomic E-state index is 0.331. The SMILES string of the molecule is CS(=O)(=O)Nc1ccn(Cc2cccc3ccccc23)n1. The van der Waals surface area contributed by atoms with Gasteiger partial charge in [-0.3, -0.25) is 9.40 Å². The summed E-state index contributed by atoms with van der Waals surface area (Å²) in [7, 11) is -3.30. The molecule has 1 aromatic heterocycles. The van der Waals surface area contributed by atoms with Crippen LogP contribution in [0.15, 0.2) is 54.7 Å². The lowest BCUT2D eigenvalue weighted by Crippen LogP contribution is -2.10. The molecule has 21 heavy (non-hydrogen) atoms. The molecule has 108 valence electrons. The van der Waals surface area contributed by atoms with Crippen molar-refractivity contribution in [2.24, 2.45) is 0 Å². The molecule has 0 bridgehead atoms. The summed E-state index contributed by atoms with van der Waals surface area (Å²) in [6.07, 6.45) is 2.87. The van der Waals surface area contributed by atoms with Crippen molar-refractivity contribution in [2.45, 2.75) is 6.54 Å². The van der Waals surface area contributed by atoms with Crippen molar-refractivity contribution in [1.82, 2.24) is 9.78 Å². The molecule has 0 amide bonds. The van der Waals surface area contributed by atoms with E-state index in [0.29, 0.717) is 12.4 Å². The quantitative estimate of drug-likeness (QED) is 0.805. The number of fused-ring (bicyclic) bond motifs is 1. The monoisotopic (exact) mass is 301 g/mol. The van der Waals surface area contributed by atoms with Crippen molar-refractivity contribution >= 4 is 26.6 Å². The predicted molar refractivity (Wildman–Crippen MR) is 83.7 cm³/mol. The van der Waals surface area contributed by atoms with Gasteiger partial charge in [0.1, 0.15) is 0 Å². The zero-order valence-electron chi connectivity index (χ0n) is 11.5. The molecule has 0 atom stereocenters. The Bertz CT molecular complexity index is 879. The lowest BCUT2D eigenvalue weighted by atomic mass is 10.0. The van der Waals surface area contributed by atoms with Gasteiger partial charge in [0.15, 0.2) is 5.82 Å². The number of hydrogen-bond acceptors (Lipinski definition) is 3. The average molecular weight is 301 g/mol. The Balaban J connectivity index is 1.89. The van der Waals surface area contributed by atoms with Gasteiger partial charge in [-0.15, -0.1) is 0 Å². The van der Waals surface area contributed by atoms with Gasteiger partial charge < -0.3 is 0 Å². The number of hydrogen-bond donors (Lipinski definition) is 1. The highest BCUT2D eigenvalue weighted by molar-refractivity contribution is 7.92. The van der Waals surface area contributed by atoms with Gasteiger partial charge in [0, 0.05) is 12.3 Å². The number of anilines is 1. The first-order chi connectivity index (χ1) is 10.0. The van der Waals surface area contributed by atoms with E-state index in [4.69, 9.17) is 0 Å². The Morgan fingerprint density at radius 3 is 2.67 bits per heavy atom. The van der Waals surface area contributed by atoms with Crippen LogP contribution in [0.2, 0.25) is 0 Å². The molecule has 0 aliphatic carbocycles. The van der Waals surface area contributed by atoms with Crippen molar-refractivity contribution in [3.05, 3.63) is 60.3 Å². The Kier molecular flexibility index (Phi) is 3.39. The van der Waals surface area contributed by atoms with Crippen LogP contribution >= 0.6 is 0 Å². The maximum Gasteiger partial charge on any atom is 0.231 e. The van der Waals surface area contributed by atoms with Gasteiger partial charge in [-0.2, -0.15) is 5.10 Å². The highest BCUT2D eigenvalue weighted by Gasteiger charge is 2.06. The Morgan fingerprint density at radius 2 is 1.86 bits per heavy atom. The molecule has 3 rings (SSSR count). The Labute approximate surface area is 123 Å². The Hall–Kier alpha value is -2.34. The van der Waals surface area contributed by atoms with Crippen LogP contribution in [-0.4, -0.2) is 24.5 Å². The molecule has 5 nitrogen and oxygen atoms in total. The fourth-order valence-electron chi connectivity index (χ4n) is 2.30. The van der Waals surface area contributed by atoms with E-state index in [1.54, 1.807) is 16.9 Å². The second kappa shape index (κ2) is 5.21. The standard InChI is InChI=1S/C15H15N3O2S/c1-21(19,20)17-15-9-10-18(16-15)11-13-7-4-6-12-5-2-3-8-14(12)13/h2-10H,11H2,1H3,(H,16,17). The van der Waals surface area contributed by atoms with E-state index in [-0.39, 0.29) is 0 Å². The molecule has 1 heterocycles. The average Bonchev–Trinajstić information content (AvgIpc) is 2.84. The van der Waals surface area contributed by atoms with Crippen LogP contribution in [0.25, 0.3) is 10.8 Å². The molecule has 2 aromatic carbocycles. The molecule has 1 N–H and O–H groups in total. The van der Waals surface area contributed by atoms with Crippen LogP contribution in [0.1, 0.15) is 5.56 Å². The largest absolute Gasteiger partial charge is 0.266 e. The van der Waals surface area contributed by atoms with Crippen LogP contribution in [0, 0.1) is 0 Å². The lowest BCUT2D eigenvalue weighted by Gasteiger charge is -2.06. The smallest absolute Gasteiger partial charge is 0.231 e. The van der Waals surface area contributed by atoms with Crippen molar-refractivity contribution in [3.8, 4) is 0 Å². The van der Waals surface area contributed by atoms with Crippen molar-refractivity contribution < 1.29 is 8.42 Å². The van der Waals surface area contributed by atoms with Crippen LogP contribution in [0.3, 0.4) is 0 Å². The van der Waals surface area contributed by atoms with Gasteiger partial charge in [0.2, 0.25) is 10.0 Å². The fourth-order valence-corrected chi connectivity index (χ4v) is 2.79. The number of nitrogens with zero attached hydrogens (tertiary/aromatic N) is 2.